The number of aryl methyl sites for hydroxylation is 1. The molecule has 0 atom stereocenters. The maximum Gasteiger partial charge on any atom is 0.262 e. The summed E-state index contributed by atoms with van der Waals surface area (Å²) in [4.78, 5) is 4.48. The molecule has 3 aromatic rings. The number of para-hydroxylation sites is 1. The molecule has 3 rings (SSSR count). The molecule has 0 aliphatic rings. The standard InChI is InChI=1S/C15H14N2O3/c1-9-4-3-5-10-6-11(7-16-14(9)10)13-12(8-18)20-17-15(13)19-2/h3-7,18H,8H2,1-2H3. The van der Waals surface area contributed by atoms with Gasteiger partial charge in [0.15, 0.2) is 5.76 Å². The minimum atomic E-state index is -0.239. The van der Waals surface area contributed by atoms with E-state index in [1.54, 1.807) is 6.20 Å². The second-order valence-corrected chi connectivity index (χ2v) is 4.52. The van der Waals surface area contributed by atoms with Gasteiger partial charge in [0.25, 0.3) is 5.88 Å². The smallest absolute Gasteiger partial charge is 0.262 e. The quantitative estimate of drug-likeness (QED) is 0.792. The average molecular weight is 270 g/mol. The Hall–Kier alpha value is -2.40. The fourth-order valence-corrected chi connectivity index (χ4v) is 2.29. The van der Waals surface area contributed by atoms with Crippen molar-refractivity contribution in [3.05, 3.63) is 41.8 Å². The zero-order chi connectivity index (χ0) is 14.1. The van der Waals surface area contributed by atoms with E-state index < -0.39 is 0 Å². The molecule has 0 radical (unpaired) electrons. The van der Waals surface area contributed by atoms with Crippen LogP contribution in [0.3, 0.4) is 0 Å². The lowest BCUT2D eigenvalue weighted by Gasteiger charge is -2.05. The van der Waals surface area contributed by atoms with E-state index in [4.69, 9.17) is 9.26 Å². The first-order chi connectivity index (χ1) is 9.74. The van der Waals surface area contributed by atoms with Gasteiger partial charge in [0, 0.05) is 17.1 Å². The topological polar surface area (TPSA) is 68.4 Å². The molecule has 1 aromatic carbocycles. The number of nitrogens with zero attached hydrogens (tertiary/aromatic N) is 2. The lowest BCUT2D eigenvalue weighted by molar-refractivity contribution is 0.226. The Kier molecular flexibility index (Phi) is 3.12. The third-order valence-corrected chi connectivity index (χ3v) is 3.27. The van der Waals surface area contributed by atoms with Crippen LogP contribution in [0, 0.1) is 6.92 Å². The first-order valence-corrected chi connectivity index (χ1v) is 6.23. The van der Waals surface area contributed by atoms with Crippen LogP contribution in [0.2, 0.25) is 0 Å². The molecule has 0 bridgehead atoms. The fourth-order valence-electron chi connectivity index (χ4n) is 2.29. The second-order valence-electron chi connectivity index (χ2n) is 4.52. The molecular formula is C15H14N2O3. The lowest BCUT2D eigenvalue weighted by atomic mass is 10.0. The molecule has 0 aliphatic heterocycles. The molecule has 5 nitrogen and oxygen atoms in total. The number of aliphatic hydroxyl groups is 1. The summed E-state index contributed by atoms with van der Waals surface area (Å²) in [6.45, 7) is 1.78. The van der Waals surface area contributed by atoms with Gasteiger partial charge < -0.3 is 14.4 Å². The number of hydrogen-bond acceptors (Lipinski definition) is 5. The first-order valence-electron chi connectivity index (χ1n) is 6.23. The average Bonchev–Trinajstić information content (AvgIpc) is 2.90. The molecule has 5 heteroatoms. The van der Waals surface area contributed by atoms with Crippen LogP contribution in [0.4, 0.5) is 0 Å². The zero-order valence-corrected chi connectivity index (χ0v) is 11.3. The highest BCUT2D eigenvalue weighted by Gasteiger charge is 2.18. The van der Waals surface area contributed by atoms with Crippen LogP contribution in [-0.4, -0.2) is 22.4 Å². The predicted molar refractivity (Wildman–Crippen MR) is 74.5 cm³/mol. The number of pyridine rings is 1. The van der Waals surface area contributed by atoms with Crippen molar-refractivity contribution in [2.45, 2.75) is 13.5 Å². The molecule has 0 unspecified atom stereocenters. The Balaban J connectivity index is 2.22. The van der Waals surface area contributed by atoms with Crippen molar-refractivity contribution in [3.8, 4) is 17.0 Å². The van der Waals surface area contributed by atoms with Crippen molar-refractivity contribution < 1.29 is 14.4 Å². The van der Waals surface area contributed by atoms with Crippen molar-refractivity contribution in [1.29, 1.82) is 0 Å². The van der Waals surface area contributed by atoms with Crippen LogP contribution in [0.25, 0.3) is 22.0 Å². The minimum Gasteiger partial charge on any atom is -0.478 e. The molecule has 2 heterocycles. The molecule has 0 saturated heterocycles. The van der Waals surface area contributed by atoms with Gasteiger partial charge in [0.05, 0.1) is 18.2 Å². The molecule has 0 saturated carbocycles. The zero-order valence-electron chi connectivity index (χ0n) is 11.3. The minimum absolute atomic E-state index is 0.239. The Bertz CT molecular complexity index is 743. The molecule has 102 valence electrons. The Morgan fingerprint density at radius 3 is 2.95 bits per heavy atom. The van der Waals surface area contributed by atoms with E-state index in [2.05, 4.69) is 10.1 Å². The van der Waals surface area contributed by atoms with Gasteiger partial charge in [-0.2, -0.15) is 0 Å². The van der Waals surface area contributed by atoms with Crippen LogP contribution >= 0.6 is 0 Å². The van der Waals surface area contributed by atoms with Crippen molar-refractivity contribution >= 4 is 10.9 Å². The van der Waals surface area contributed by atoms with E-state index >= 15 is 0 Å². The molecule has 0 spiro atoms. The van der Waals surface area contributed by atoms with Gasteiger partial charge in [-0.25, -0.2) is 0 Å². The van der Waals surface area contributed by atoms with E-state index in [1.165, 1.54) is 7.11 Å². The summed E-state index contributed by atoms with van der Waals surface area (Å²) in [5.41, 5.74) is 3.53. The van der Waals surface area contributed by atoms with Crippen LogP contribution in [0.15, 0.2) is 35.0 Å². The normalized spacial score (nSPS) is 10.9. The second kappa shape index (κ2) is 4.94. The van der Waals surface area contributed by atoms with E-state index in [0.717, 1.165) is 22.0 Å². The van der Waals surface area contributed by atoms with Gasteiger partial charge in [-0.05, 0) is 23.7 Å². The number of fused-ring (bicyclic) bond motifs is 1. The van der Waals surface area contributed by atoms with Crippen molar-refractivity contribution in [1.82, 2.24) is 10.1 Å². The van der Waals surface area contributed by atoms with Gasteiger partial charge in [0.1, 0.15) is 6.61 Å². The van der Waals surface area contributed by atoms with Crippen molar-refractivity contribution in [2.75, 3.05) is 7.11 Å². The molecule has 0 amide bonds. The van der Waals surface area contributed by atoms with Crippen LogP contribution in [0.5, 0.6) is 5.88 Å². The number of ether oxygens (including phenoxy) is 1. The summed E-state index contributed by atoms with van der Waals surface area (Å²) in [5.74, 6) is 0.721. The number of methoxy groups -OCH3 is 1. The summed E-state index contributed by atoms with van der Waals surface area (Å²) in [5, 5.41) is 14.2. The van der Waals surface area contributed by atoms with Gasteiger partial charge in [-0.1, -0.05) is 18.2 Å². The van der Waals surface area contributed by atoms with Gasteiger partial charge >= 0.3 is 0 Å². The number of aliphatic hydroxyl groups excluding tert-OH is 1. The van der Waals surface area contributed by atoms with Gasteiger partial charge in [0.2, 0.25) is 0 Å². The number of rotatable bonds is 3. The monoisotopic (exact) mass is 270 g/mol. The molecule has 1 N–H and O–H groups in total. The summed E-state index contributed by atoms with van der Waals surface area (Å²) in [6, 6.07) is 8.00. The maximum atomic E-state index is 9.34. The highest BCUT2D eigenvalue weighted by Crippen LogP contribution is 2.34. The number of aromatic nitrogens is 2. The fraction of sp³-hybridized carbons (Fsp3) is 0.200. The SMILES string of the molecule is COc1noc(CO)c1-c1cnc2c(C)cccc2c1. The molecule has 20 heavy (non-hydrogen) atoms. The third-order valence-electron chi connectivity index (χ3n) is 3.27. The maximum absolute atomic E-state index is 9.34. The van der Waals surface area contributed by atoms with Gasteiger partial charge in [-0.3, -0.25) is 4.98 Å². The number of benzene rings is 1. The van der Waals surface area contributed by atoms with Crippen LogP contribution in [-0.2, 0) is 6.61 Å². The van der Waals surface area contributed by atoms with E-state index in [-0.39, 0.29) is 6.61 Å². The molecule has 0 aliphatic carbocycles. The predicted octanol–water partition coefficient (Wildman–Crippen LogP) is 2.70. The van der Waals surface area contributed by atoms with Crippen molar-refractivity contribution in [3.63, 3.8) is 0 Å². The highest BCUT2D eigenvalue weighted by molar-refractivity contribution is 5.86. The Labute approximate surface area is 115 Å². The molecular weight excluding hydrogens is 256 g/mol. The van der Waals surface area contributed by atoms with E-state index in [1.807, 2.05) is 31.2 Å². The Morgan fingerprint density at radius 2 is 2.20 bits per heavy atom. The first kappa shape index (κ1) is 12.6. The summed E-state index contributed by atoms with van der Waals surface area (Å²) in [7, 11) is 1.52. The van der Waals surface area contributed by atoms with Crippen molar-refractivity contribution in [2.24, 2.45) is 0 Å². The number of hydrogen-bond donors (Lipinski definition) is 1. The van der Waals surface area contributed by atoms with Crippen LogP contribution < -0.4 is 4.74 Å². The third kappa shape index (κ3) is 1.92. The van der Waals surface area contributed by atoms with Gasteiger partial charge in [-0.15, -0.1) is 0 Å². The highest BCUT2D eigenvalue weighted by atomic mass is 16.5. The van der Waals surface area contributed by atoms with E-state index in [0.29, 0.717) is 17.2 Å². The Morgan fingerprint density at radius 1 is 1.35 bits per heavy atom. The lowest BCUT2D eigenvalue weighted by Crippen LogP contribution is -1.91. The molecule has 0 fully saturated rings. The van der Waals surface area contributed by atoms with Crippen LogP contribution in [0.1, 0.15) is 11.3 Å². The van der Waals surface area contributed by atoms with E-state index in [9.17, 15) is 5.11 Å². The summed E-state index contributed by atoms with van der Waals surface area (Å²) in [6.07, 6.45) is 1.74. The largest absolute Gasteiger partial charge is 0.478 e. The summed E-state index contributed by atoms with van der Waals surface area (Å²) < 4.78 is 10.2. The summed E-state index contributed by atoms with van der Waals surface area (Å²) >= 11 is 0. The molecule has 2 aromatic heterocycles.